The van der Waals surface area contributed by atoms with Crippen molar-refractivity contribution < 1.29 is 9.53 Å². The zero-order valence-electron chi connectivity index (χ0n) is 15.1. The Morgan fingerprint density at radius 3 is 2.27 bits per heavy atom. The van der Waals surface area contributed by atoms with Crippen molar-refractivity contribution in [3.8, 4) is 0 Å². The molecule has 2 aliphatic rings. The van der Waals surface area contributed by atoms with Gasteiger partial charge in [-0.15, -0.1) is 0 Å². The normalized spacial score (nSPS) is 31.7. The Kier molecular flexibility index (Phi) is 5.76. The maximum atomic E-state index is 12.2. The highest BCUT2D eigenvalue weighted by Gasteiger charge is 2.30. The molecule has 4 nitrogen and oxygen atoms in total. The minimum absolute atomic E-state index is 0.145. The number of amides is 1. The summed E-state index contributed by atoms with van der Waals surface area (Å²) in [4.78, 5) is 16.8. The van der Waals surface area contributed by atoms with Crippen LogP contribution < -0.4 is 0 Å². The van der Waals surface area contributed by atoms with Crippen LogP contribution in [0, 0.1) is 11.8 Å². The lowest BCUT2D eigenvalue weighted by atomic mass is 9.90. The number of piperidine rings is 1. The van der Waals surface area contributed by atoms with Crippen LogP contribution in [0.2, 0.25) is 0 Å². The topological polar surface area (TPSA) is 32.8 Å². The SMILES string of the molecule is CC1CC(C)CN(C2CCCN(C(=O)OC(C)(C)C)CC2)C1. The first-order valence-electron chi connectivity index (χ1n) is 8.96. The van der Waals surface area contributed by atoms with Gasteiger partial charge in [-0.25, -0.2) is 4.79 Å². The molecule has 2 fully saturated rings. The van der Waals surface area contributed by atoms with Gasteiger partial charge in [0.1, 0.15) is 5.60 Å². The van der Waals surface area contributed by atoms with Crippen LogP contribution in [0.3, 0.4) is 0 Å². The third-order valence-corrected chi connectivity index (χ3v) is 4.76. The fourth-order valence-electron chi connectivity index (χ4n) is 3.96. The molecule has 2 saturated heterocycles. The van der Waals surface area contributed by atoms with Crippen molar-refractivity contribution in [2.24, 2.45) is 11.8 Å². The molecule has 0 aromatic rings. The van der Waals surface area contributed by atoms with Crippen LogP contribution in [-0.4, -0.2) is 53.7 Å². The molecule has 3 atom stereocenters. The van der Waals surface area contributed by atoms with Crippen LogP contribution in [0.4, 0.5) is 4.79 Å². The van der Waals surface area contributed by atoms with Gasteiger partial charge in [0, 0.05) is 32.2 Å². The molecule has 128 valence electrons. The number of hydrogen-bond acceptors (Lipinski definition) is 3. The van der Waals surface area contributed by atoms with E-state index >= 15 is 0 Å². The minimum Gasteiger partial charge on any atom is -0.444 e. The molecule has 3 unspecified atom stereocenters. The first-order chi connectivity index (χ1) is 10.2. The standard InChI is InChI=1S/C18H34N2O2/c1-14-11-15(2)13-20(12-14)16-7-6-9-19(10-8-16)17(21)22-18(3,4)5/h14-16H,6-13H2,1-5H3. The van der Waals surface area contributed by atoms with E-state index in [-0.39, 0.29) is 6.09 Å². The summed E-state index contributed by atoms with van der Waals surface area (Å²) in [7, 11) is 0. The molecule has 4 heteroatoms. The molecule has 2 aliphatic heterocycles. The lowest BCUT2D eigenvalue weighted by Gasteiger charge is -2.40. The molecule has 0 aromatic heterocycles. The average Bonchev–Trinajstić information content (AvgIpc) is 2.61. The number of carbonyl (C=O) groups is 1. The van der Waals surface area contributed by atoms with Crippen molar-refractivity contribution in [1.29, 1.82) is 0 Å². The molecule has 1 amide bonds. The molecule has 0 aliphatic carbocycles. The van der Waals surface area contributed by atoms with Crippen LogP contribution in [0.25, 0.3) is 0 Å². The van der Waals surface area contributed by atoms with E-state index < -0.39 is 5.60 Å². The maximum Gasteiger partial charge on any atom is 0.410 e. The first kappa shape index (κ1) is 17.6. The van der Waals surface area contributed by atoms with Gasteiger partial charge in [-0.2, -0.15) is 0 Å². The third-order valence-electron chi connectivity index (χ3n) is 4.76. The second kappa shape index (κ2) is 7.20. The molecular formula is C18H34N2O2. The lowest BCUT2D eigenvalue weighted by molar-refractivity contribution is 0.0248. The van der Waals surface area contributed by atoms with Gasteiger partial charge >= 0.3 is 6.09 Å². The fourth-order valence-corrected chi connectivity index (χ4v) is 3.96. The minimum atomic E-state index is -0.402. The Bertz CT molecular complexity index is 368. The summed E-state index contributed by atoms with van der Waals surface area (Å²) < 4.78 is 5.52. The summed E-state index contributed by atoms with van der Waals surface area (Å²) in [6, 6.07) is 0.637. The Morgan fingerprint density at radius 2 is 1.68 bits per heavy atom. The van der Waals surface area contributed by atoms with Crippen molar-refractivity contribution in [3.63, 3.8) is 0 Å². The van der Waals surface area contributed by atoms with E-state index in [1.807, 2.05) is 25.7 Å². The van der Waals surface area contributed by atoms with Crippen molar-refractivity contribution in [3.05, 3.63) is 0 Å². The van der Waals surface area contributed by atoms with Gasteiger partial charge in [0.05, 0.1) is 0 Å². The molecule has 0 saturated carbocycles. The van der Waals surface area contributed by atoms with Crippen molar-refractivity contribution in [1.82, 2.24) is 9.80 Å². The number of carbonyl (C=O) groups excluding carboxylic acids is 1. The van der Waals surface area contributed by atoms with Gasteiger partial charge in [-0.1, -0.05) is 13.8 Å². The fraction of sp³-hybridized carbons (Fsp3) is 0.944. The second-order valence-electron chi connectivity index (χ2n) is 8.45. The Balaban J connectivity index is 1.88. The van der Waals surface area contributed by atoms with Gasteiger partial charge in [0.25, 0.3) is 0 Å². The van der Waals surface area contributed by atoms with Gasteiger partial charge in [-0.3, -0.25) is 4.90 Å². The van der Waals surface area contributed by atoms with Crippen LogP contribution >= 0.6 is 0 Å². The van der Waals surface area contributed by atoms with Gasteiger partial charge < -0.3 is 9.64 Å². The largest absolute Gasteiger partial charge is 0.444 e. The molecule has 0 bridgehead atoms. The van der Waals surface area contributed by atoms with Gasteiger partial charge in [0.2, 0.25) is 0 Å². The highest BCUT2D eigenvalue weighted by molar-refractivity contribution is 5.68. The van der Waals surface area contributed by atoms with E-state index in [1.54, 1.807) is 0 Å². The van der Waals surface area contributed by atoms with E-state index in [4.69, 9.17) is 4.74 Å². The molecule has 0 aromatic carbocycles. The molecule has 0 radical (unpaired) electrons. The van der Waals surface area contributed by atoms with Crippen LogP contribution in [0.5, 0.6) is 0 Å². The molecular weight excluding hydrogens is 276 g/mol. The Morgan fingerprint density at radius 1 is 1.05 bits per heavy atom. The van der Waals surface area contributed by atoms with Gasteiger partial charge in [-0.05, 0) is 58.3 Å². The summed E-state index contributed by atoms with van der Waals surface area (Å²) in [6.45, 7) is 14.6. The molecule has 0 N–H and O–H groups in total. The highest BCUT2D eigenvalue weighted by atomic mass is 16.6. The summed E-state index contributed by atoms with van der Waals surface area (Å²) >= 11 is 0. The number of likely N-dealkylation sites (tertiary alicyclic amines) is 2. The predicted molar refractivity (Wildman–Crippen MR) is 90.0 cm³/mol. The monoisotopic (exact) mass is 310 g/mol. The van der Waals surface area contributed by atoms with Crippen molar-refractivity contribution in [2.75, 3.05) is 26.2 Å². The number of nitrogens with zero attached hydrogens (tertiary/aromatic N) is 2. The maximum absolute atomic E-state index is 12.2. The second-order valence-corrected chi connectivity index (χ2v) is 8.45. The van der Waals surface area contributed by atoms with E-state index in [0.29, 0.717) is 6.04 Å². The van der Waals surface area contributed by atoms with Crippen molar-refractivity contribution in [2.45, 2.75) is 71.9 Å². The van der Waals surface area contributed by atoms with E-state index in [9.17, 15) is 4.79 Å². The molecule has 2 rings (SSSR count). The summed E-state index contributed by atoms with van der Waals surface area (Å²) in [5.41, 5.74) is -0.402. The van der Waals surface area contributed by atoms with E-state index in [2.05, 4.69) is 18.7 Å². The number of ether oxygens (including phenoxy) is 1. The molecule has 2 heterocycles. The number of hydrogen-bond donors (Lipinski definition) is 0. The quantitative estimate of drug-likeness (QED) is 0.739. The Labute approximate surface area is 136 Å². The Hall–Kier alpha value is -0.770. The average molecular weight is 310 g/mol. The summed E-state index contributed by atoms with van der Waals surface area (Å²) in [5.74, 6) is 1.60. The van der Waals surface area contributed by atoms with E-state index in [0.717, 1.165) is 37.8 Å². The molecule has 0 spiro atoms. The van der Waals surface area contributed by atoms with Crippen LogP contribution in [-0.2, 0) is 4.74 Å². The van der Waals surface area contributed by atoms with Gasteiger partial charge in [0.15, 0.2) is 0 Å². The number of rotatable bonds is 1. The van der Waals surface area contributed by atoms with Crippen LogP contribution in [0.1, 0.15) is 60.3 Å². The molecule has 22 heavy (non-hydrogen) atoms. The van der Waals surface area contributed by atoms with E-state index in [1.165, 1.54) is 25.9 Å². The summed E-state index contributed by atoms with van der Waals surface area (Å²) in [6.07, 6.45) is 4.59. The zero-order chi connectivity index (χ0) is 16.3. The highest BCUT2D eigenvalue weighted by Crippen LogP contribution is 2.27. The summed E-state index contributed by atoms with van der Waals surface area (Å²) in [5, 5.41) is 0. The lowest BCUT2D eigenvalue weighted by Crippen LogP contribution is -2.45. The zero-order valence-corrected chi connectivity index (χ0v) is 15.1. The smallest absolute Gasteiger partial charge is 0.410 e. The third kappa shape index (κ3) is 5.15. The van der Waals surface area contributed by atoms with Crippen LogP contribution in [0.15, 0.2) is 0 Å². The van der Waals surface area contributed by atoms with Crippen molar-refractivity contribution >= 4 is 6.09 Å². The first-order valence-corrected chi connectivity index (χ1v) is 8.96. The predicted octanol–water partition coefficient (Wildman–Crippen LogP) is 3.75.